The Morgan fingerprint density at radius 2 is 1.52 bits per heavy atom. The van der Waals surface area contributed by atoms with Gasteiger partial charge in [-0.15, -0.1) is 4.99 Å². The highest BCUT2D eigenvalue weighted by atomic mass is 15.2. The largest absolute Gasteiger partial charge is 0.240 e. The molecular weight excluding hydrogens is 306 g/mol. The first-order valence-electron chi connectivity index (χ1n) is 8.66. The van der Waals surface area contributed by atoms with Gasteiger partial charge in [-0.05, 0) is 56.9 Å². The Bertz CT molecular complexity index is 918. The molecule has 0 spiro atoms. The number of hydrogen-bond acceptors (Lipinski definition) is 1. The van der Waals surface area contributed by atoms with Crippen LogP contribution < -0.4 is 4.57 Å². The smallest absolute Gasteiger partial charge is 0.236 e. The van der Waals surface area contributed by atoms with E-state index in [1.165, 1.54) is 33.5 Å². The third-order valence-corrected chi connectivity index (χ3v) is 4.62. The average molecular weight is 332 g/mol. The minimum atomic E-state index is 0.957. The molecule has 0 atom stereocenters. The molecule has 0 aliphatic heterocycles. The van der Waals surface area contributed by atoms with Gasteiger partial charge in [0.05, 0.1) is 6.20 Å². The van der Waals surface area contributed by atoms with Crippen LogP contribution in [0, 0.1) is 34.6 Å². The molecular formula is C22H26N3+. The van der Waals surface area contributed by atoms with E-state index in [2.05, 4.69) is 92.8 Å². The van der Waals surface area contributed by atoms with Crippen LogP contribution in [0.5, 0.6) is 0 Å². The third kappa shape index (κ3) is 3.41. The molecule has 0 radical (unpaired) electrons. The van der Waals surface area contributed by atoms with Crippen molar-refractivity contribution in [3.8, 4) is 5.69 Å². The Balaban J connectivity index is 2.01. The van der Waals surface area contributed by atoms with E-state index in [4.69, 9.17) is 4.99 Å². The number of para-hydroxylation sites is 1. The minimum absolute atomic E-state index is 0.957. The fraction of sp³-hybridized carbons (Fsp3) is 0.273. The van der Waals surface area contributed by atoms with Crippen LogP contribution in [0.4, 0.5) is 5.69 Å². The van der Waals surface area contributed by atoms with E-state index in [0.29, 0.717) is 0 Å². The Morgan fingerprint density at radius 1 is 0.920 bits per heavy atom. The Morgan fingerprint density at radius 3 is 2.12 bits per heavy atom. The molecule has 0 bridgehead atoms. The van der Waals surface area contributed by atoms with Crippen molar-refractivity contribution in [3.05, 3.63) is 76.9 Å². The zero-order chi connectivity index (χ0) is 18.1. The van der Waals surface area contributed by atoms with Gasteiger partial charge in [0.1, 0.15) is 17.6 Å². The summed E-state index contributed by atoms with van der Waals surface area (Å²) >= 11 is 0. The van der Waals surface area contributed by atoms with Crippen molar-refractivity contribution in [1.82, 2.24) is 4.57 Å². The topological polar surface area (TPSA) is 21.2 Å². The number of aromatic nitrogens is 2. The lowest BCUT2D eigenvalue weighted by atomic mass is 10.1. The van der Waals surface area contributed by atoms with Gasteiger partial charge in [0.25, 0.3) is 0 Å². The van der Waals surface area contributed by atoms with Crippen LogP contribution in [0.2, 0.25) is 0 Å². The fourth-order valence-electron chi connectivity index (χ4n) is 3.46. The predicted molar refractivity (Wildman–Crippen MR) is 104 cm³/mol. The van der Waals surface area contributed by atoms with E-state index in [1.54, 1.807) is 0 Å². The summed E-state index contributed by atoms with van der Waals surface area (Å²) in [6, 6.07) is 10.7. The maximum absolute atomic E-state index is 4.86. The van der Waals surface area contributed by atoms with E-state index in [1.807, 2.05) is 6.92 Å². The highest BCUT2D eigenvalue weighted by Gasteiger charge is 2.14. The molecule has 1 heterocycles. The van der Waals surface area contributed by atoms with Crippen LogP contribution in [-0.4, -0.2) is 10.4 Å². The summed E-state index contributed by atoms with van der Waals surface area (Å²) in [5, 5.41) is 0. The van der Waals surface area contributed by atoms with Crippen LogP contribution in [0.1, 0.15) is 34.7 Å². The van der Waals surface area contributed by atoms with Gasteiger partial charge in [0.15, 0.2) is 6.33 Å². The number of aliphatic imine (C=N–C) groups is 1. The second kappa shape index (κ2) is 6.67. The molecule has 0 amide bonds. The second-order valence-electron chi connectivity index (χ2n) is 6.87. The highest BCUT2D eigenvalue weighted by Crippen LogP contribution is 2.23. The predicted octanol–water partition coefficient (Wildman–Crippen LogP) is 4.91. The molecule has 3 rings (SSSR count). The number of nitrogens with zero attached hydrogens (tertiary/aromatic N) is 3. The van der Waals surface area contributed by atoms with Crippen LogP contribution >= 0.6 is 0 Å². The lowest BCUT2D eigenvalue weighted by molar-refractivity contribution is -0.555. The van der Waals surface area contributed by atoms with E-state index in [-0.39, 0.29) is 0 Å². The standard InChI is InChI=1S/C22H26N3/c1-15-12-18(4)22(19(5)13-15)25-11-10-24(14-25)20(6)23-21-16(2)8-7-9-17(21)3/h7-14H,1-6H3/q+1. The first-order chi connectivity index (χ1) is 11.9. The summed E-state index contributed by atoms with van der Waals surface area (Å²) in [4.78, 5) is 4.86. The van der Waals surface area contributed by atoms with Gasteiger partial charge in [0.2, 0.25) is 5.84 Å². The van der Waals surface area contributed by atoms with Gasteiger partial charge < -0.3 is 0 Å². The molecule has 25 heavy (non-hydrogen) atoms. The summed E-state index contributed by atoms with van der Waals surface area (Å²) in [5.74, 6) is 0.957. The monoisotopic (exact) mass is 332 g/mol. The van der Waals surface area contributed by atoms with Crippen LogP contribution in [-0.2, 0) is 0 Å². The normalized spacial score (nSPS) is 11.8. The molecule has 0 fully saturated rings. The number of imidazole rings is 1. The van der Waals surface area contributed by atoms with Crippen molar-refractivity contribution in [2.24, 2.45) is 4.99 Å². The Labute approximate surface area is 150 Å². The molecule has 128 valence electrons. The summed E-state index contributed by atoms with van der Waals surface area (Å²) in [7, 11) is 0. The van der Waals surface area contributed by atoms with Crippen molar-refractivity contribution in [2.75, 3.05) is 0 Å². The average Bonchev–Trinajstić information content (AvgIpc) is 2.99. The number of rotatable bonds is 2. The first-order valence-corrected chi connectivity index (χ1v) is 8.66. The third-order valence-electron chi connectivity index (χ3n) is 4.62. The van der Waals surface area contributed by atoms with E-state index < -0.39 is 0 Å². The number of benzene rings is 2. The van der Waals surface area contributed by atoms with E-state index in [0.717, 1.165) is 11.5 Å². The van der Waals surface area contributed by atoms with Gasteiger partial charge in [-0.2, -0.15) is 0 Å². The second-order valence-corrected chi connectivity index (χ2v) is 6.87. The number of hydrogen-bond donors (Lipinski definition) is 0. The van der Waals surface area contributed by atoms with Crippen molar-refractivity contribution >= 4 is 11.5 Å². The van der Waals surface area contributed by atoms with Crippen molar-refractivity contribution in [1.29, 1.82) is 0 Å². The summed E-state index contributed by atoms with van der Waals surface area (Å²) in [6.45, 7) is 12.7. The molecule has 0 saturated heterocycles. The van der Waals surface area contributed by atoms with Gasteiger partial charge in [-0.3, -0.25) is 0 Å². The van der Waals surface area contributed by atoms with E-state index >= 15 is 0 Å². The molecule has 0 unspecified atom stereocenters. The molecule has 1 aromatic heterocycles. The van der Waals surface area contributed by atoms with Gasteiger partial charge in [-0.25, -0.2) is 9.13 Å². The lowest BCUT2D eigenvalue weighted by Gasteiger charge is -2.08. The maximum atomic E-state index is 4.86. The highest BCUT2D eigenvalue weighted by molar-refractivity contribution is 5.75. The first kappa shape index (κ1) is 17.2. The molecule has 2 aromatic carbocycles. The summed E-state index contributed by atoms with van der Waals surface area (Å²) < 4.78 is 4.25. The van der Waals surface area contributed by atoms with E-state index in [9.17, 15) is 0 Å². The van der Waals surface area contributed by atoms with Crippen LogP contribution in [0.15, 0.2) is 54.0 Å². The molecule has 3 nitrogen and oxygen atoms in total. The maximum Gasteiger partial charge on any atom is 0.240 e. The Hall–Kier alpha value is -2.68. The molecule has 0 aliphatic carbocycles. The van der Waals surface area contributed by atoms with Gasteiger partial charge in [-0.1, -0.05) is 35.9 Å². The van der Waals surface area contributed by atoms with Crippen molar-refractivity contribution in [2.45, 2.75) is 41.5 Å². The number of aryl methyl sites for hydroxylation is 5. The van der Waals surface area contributed by atoms with Crippen LogP contribution in [0.25, 0.3) is 5.69 Å². The quantitative estimate of drug-likeness (QED) is 0.361. The summed E-state index contributed by atoms with van der Waals surface area (Å²) in [6.07, 6.45) is 6.25. The molecule has 0 aliphatic rings. The summed E-state index contributed by atoms with van der Waals surface area (Å²) in [5.41, 5.74) is 8.56. The molecule has 0 N–H and O–H groups in total. The zero-order valence-electron chi connectivity index (χ0n) is 16.0. The molecule has 3 heteroatoms. The Kier molecular flexibility index (Phi) is 4.58. The SMILES string of the molecule is CC(=Nc1c(C)cccc1C)[n+]1ccn(-c2c(C)cc(C)cc2C)c1. The van der Waals surface area contributed by atoms with Crippen LogP contribution in [0.3, 0.4) is 0 Å². The van der Waals surface area contributed by atoms with Gasteiger partial charge in [0, 0.05) is 6.92 Å². The fourth-order valence-corrected chi connectivity index (χ4v) is 3.46. The van der Waals surface area contributed by atoms with Crippen molar-refractivity contribution < 1.29 is 4.57 Å². The molecule has 3 aromatic rings. The zero-order valence-corrected chi connectivity index (χ0v) is 16.0. The molecule has 0 saturated carbocycles. The lowest BCUT2D eigenvalue weighted by Crippen LogP contribution is -2.38. The van der Waals surface area contributed by atoms with Crippen molar-refractivity contribution in [3.63, 3.8) is 0 Å². The minimum Gasteiger partial charge on any atom is -0.236 e. The van der Waals surface area contributed by atoms with Gasteiger partial charge >= 0.3 is 0 Å².